The maximum Gasteiger partial charge on any atom is 0.255 e. The van der Waals surface area contributed by atoms with E-state index in [-0.39, 0.29) is 5.91 Å². The second kappa shape index (κ2) is 7.51. The van der Waals surface area contributed by atoms with Crippen molar-refractivity contribution in [3.8, 4) is 16.9 Å². The maximum atomic E-state index is 12.8. The third kappa shape index (κ3) is 3.78. The Bertz CT molecular complexity index is 1040. The smallest absolute Gasteiger partial charge is 0.255 e. The van der Waals surface area contributed by atoms with E-state index in [9.17, 15) is 4.79 Å². The molecule has 0 fully saturated rings. The van der Waals surface area contributed by atoms with Crippen LogP contribution in [0.4, 0.5) is 0 Å². The average molecular weight is 378 g/mol. The second-order valence-corrected chi connectivity index (χ2v) is 6.38. The van der Waals surface area contributed by atoms with Gasteiger partial charge in [-0.2, -0.15) is 5.10 Å². The van der Waals surface area contributed by atoms with Gasteiger partial charge in [-0.15, -0.1) is 0 Å². The Morgan fingerprint density at radius 3 is 2.52 bits per heavy atom. The van der Waals surface area contributed by atoms with E-state index in [2.05, 4.69) is 10.4 Å². The molecule has 0 saturated carbocycles. The Hall–Kier alpha value is -3.31. The van der Waals surface area contributed by atoms with Crippen molar-refractivity contribution < 1.29 is 9.21 Å². The van der Waals surface area contributed by atoms with Gasteiger partial charge in [0.15, 0.2) is 0 Å². The van der Waals surface area contributed by atoms with E-state index in [0.717, 1.165) is 11.3 Å². The van der Waals surface area contributed by atoms with E-state index in [1.807, 2.05) is 48.5 Å². The molecule has 134 valence electrons. The van der Waals surface area contributed by atoms with E-state index in [4.69, 9.17) is 16.0 Å². The zero-order valence-electron chi connectivity index (χ0n) is 14.3. The van der Waals surface area contributed by atoms with Crippen LogP contribution in [-0.2, 0) is 6.54 Å². The van der Waals surface area contributed by atoms with Gasteiger partial charge >= 0.3 is 0 Å². The van der Waals surface area contributed by atoms with Crippen molar-refractivity contribution in [3.63, 3.8) is 0 Å². The number of amides is 1. The Labute approximate surface area is 161 Å². The molecule has 1 amide bonds. The van der Waals surface area contributed by atoms with Gasteiger partial charge in [-0.05, 0) is 36.4 Å². The number of furan rings is 1. The van der Waals surface area contributed by atoms with Gasteiger partial charge in [-0.3, -0.25) is 4.79 Å². The van der Waals surface area contributed by atoms with Crippen molar-refractivity contribution in [1.82, 2.24) is 15.1 Å². The highest BCUT2D eigenvalue weighted by molar-refractivity contribution is 6.30. The first-order chi connectivity index (χ1) is 13.2. The minimum atomic E-state index is -0.224. The second-order valence-electron chi connectivity index (χ2n) is 5.94. The van der Waals surface area contributed by atoms with Crippen LogP contribution in [0.5, 0.6) is 0 Å². The summed E-state index contributed by atoms with van der Waals surface area (Å²) >= 11 is 5.99. The first-order valence-corrected chi connectivity index (χ1v) is 8.80. The molecule has 0 bridgehead atoms. The molecule has 0 radical (unpaired) electrons. The highest BCUT2D eigenvalue weighted by atomic mass is 35.5. The Morgan fingerprint density at radius 2 is 1.81 bits per heavy atom. The molecule has 4 aromatic rings. The summed E-state index contributed by atoms with van der Waals surface area (Å²) < 4.78 is 6.97. The maximum absolute atomic E-state index is 12.8. The fraction of sp³-hybridized carbons (Fsp3) is 0.0476. The molecule has 0 aliphatic carbocycles. The summed E-state index contributed by atoms with van der Waals surface area (Å²) in [4.78, 5) is 12.8. The first-order valence-electron chi connectivity index (χ1n) is 8.42. The Morgan fingerprint density at radius 1 is 1.04 bits per heavy atom. The van der Waals surface area contributed by atoms with Crippen LogP contribution in [0.2, 0.25) is 5.02 Å². The number of carbonyl (C=O) groups excluding carboxylic acids is 1. The predicted molar refractivity (Wildman–Crippen MR) is 104 cm³/mol. The fourth-order valence-electron chi connectivity index (χ4n) is 2.75. The van der Waals surface area contributed by atoms with Gasteiger partial charge in [0.05, 0.1) is 24.1 Å². The quantitative estimate of drug-likeness (QED) is 0.547. The summed E-state index contributed by atoms with van der Waals surface area (Å²) in [5.41, 5.74) is 2.76. The topological polar surface area (TPSA) is 60.1 Å². The summed E-state index contributed by atoms with van der Waals surface area (Å²) in [5.74, 6) is 0.463. The summed E-state index contributed by atoms with van der Waals surface area (Å²) in [6, 6.07) is 20.5. The number of para-hydroxylation sites is 1. The minimum Gasteiger partial charge on any atom is -0.467 e. The molecule has 5 nitrogen and oxygen atoms in total. The van der Waals surface area contributed by atoms with Gasteiger partial charge in [-0.1, -0.05) is 41.9 Å². The van der Waals surface area contributed by atoms with E-state index < -0.39 is 0 Å². The van der Waals surface area contributed by atoms with Crippen LogP contribution >= 0.6 is 11.6 Å². The molecule has 0 atom stereocenters. The van der Waals surface area contributed by atoms with Crippen molar-refractivity contribution >= 4 is 17.5 Å². The third-order valence-electron chi connectivity index (χ3n) is 4.10. The zero-order valence-corrected chi connectivity index (χ0v) is 15.1. The van der Waals surface area contributed by atoms with Crippen molar-refractivity contribution in [1.29, 1.82) is 0 Å². The lowest BCUT2D eigenvalue weighted by Crippen LogP contribution is -2.22. The molecule has 27 heavy (non-hydrogen) atoms. The number of carbonyl (C=O) groups is 1. The number of benzene rings is 2. The molecule has 0 aliphatic heterocycles. The van der Waals surface area contributed by atoms with E-state index in [0.29, 0.717) is 28.6 Å². The van der Waals surface area contributed by atoms with Crippen molar-refractivity contribution in [2.24, 2.45) is 0 Å². The number of nitrogens with zero attached hydrogens (tertiary/aromatic N) is 2. The van der Waals surface area contributed by atoms with Crippen LogP contribution in [0, 0.1) is 0 Å². The Balaban J connectivity index is 1.70. The number of aromatic nitrogens is 2. The average Bonchev–Trinajstić information content (AvgIpc) is 3.37. The van der Waals surface area contributed by atoms with E-state index in [1.54, 1.807) is 35.3 Å². The number of rotatable bonds is 5. The van der Waals surface area contributed by atoms with Crippen LogP contribution in [0.25, 0.3) is 16.9 Å². The van der Waals surface area contributed by atoms with Gasteiger partial charge in [0.25, 0.3) is 5.91 Å². The fourth-order valence-corrected chi connectivity index (χ4v) is 2.88. The van der Waals surface area contributed by atoms with Gasteiger partial charge in [-0.25, -0.2) is 4.68 Å². The zero-order chi connectivity index (χ0) is 18.6. The first kappa shape index (κ1) is 17.1. The summed E-state index contributed by atoms with van der Waals surface area (Å²) in [5, 5.41) is 8.14. The molecule has 0 saturated heterocycles. The van der Waals surface area contributed by atoms with Crippen LogP contribution < -0.4 is 5.32 Å². The largest absolute Gasteiger partial charge is 0.467 e. The highest BCUT2D eigenvalue weighted by Crippen LogP contribution is 2.25. The molecule has 6 heteroatoms. The van der Waals surface area contributed by atoms with Crippen LogP contribution in [-0.4, -0.2) is 15.7 Å². The minimum absolute atomic E-state index is 0.224. The van der Waals surface area contributed by atoms with Gasteiger partial charge < -0.3 is 9.73 Å². The normalized spacial score (nSPS) is 10.7. The van der Waals surface area contributed by atoms with Crippen LogP contribution in [0.1, 0.15) is 16.1 Å². The number of nitrogens with one attached hydrogen (secondary N) is 1. The van der Waals surface area contributed by atoms with Gasteiger partial charge in [0.1, 0.15) is 11.5 Å². The molecule has 4 rings (SSSR count). The number of hydrogen-bond acceptors (Lipinski definition) is 3. The Kier molecular flexibility index (Phi) is 4.77. The molecule has 2 heterocycles. The SMILES string of the molecule is O=C(NCc1ccco1)c1cn(-c2ccccc2)nc1-c1ccc(Cl)cc1. The summed E-state index contributed by atoms with van der Waals surface area (Å²) in [7, 11) is 0. The molecule has 1 N–H and O–H groups in total. The van der Waals surface area contributed by atoms with Crippen molar-refractivity contribution in [2.75, 3.05) is 0 Å². The van der Waals surface area contributed by atoms with Crippen LogP contribution in [0.3, 0.4) is 0 Å². The lowest BCUT2D eigenvalue weighted by molar-refractivity contribution is 0.0948. The molecule has 0 aliphatic rings. The van der Waals surface area contributed by atoms with Gasteiger partial charge in [0, 0.05) is 16.8 Å². The van der Waals surface area contributed by atoms with Crippen molar-refractivity contribution in [3.05, 3.63) is 95.5 Å². The molecular formula is C21H16ClN3O2. The standard InChI is InChI=1S/C21H16ClN3O2/c22-16-10-8-15(9-11-16)20-19(21(26)23-13-18-7-4-12-27-18)14-25(24-20)17-5-2-1-3-6-17/h1-12,14H,13H2,(H,23,26). The van der Waals surface area contributed by atoms with Crippen LogP contribution in [0.15, 0.2) is 83.6 Å². The lowest BCUT2D eigenvalue weighted by Gasteiger charge is -2.04. The number of halogens is 1. The summed E-state index contributed by atoms with van der Waals surface area (Å²) in [6.45, 7) is 0.308. The molecule has 0 spiro atoms. The van der Waals surface area contributed by atoms with E-state index >= 15 is 0 Å². The van der Waals surface area contributed by atoms with Gasteiger partial charge in [0.2, 0.25) is 0 Å². The summed E-state index contributed by atoms with van der Waals surface area (Å²) in [6.07, 6.45) is 3.31. The van der Waals surface area contributed by atoms with E-state index in [1.165, 1.54) is 0 Å². The molecule has 2 aromatic heterocycles. The highest BCUT2D eigenvalue weighted by Gasteiger charge is 2.18. The predicted octanol–water partition coefficient (Wildman–Crippen LogP) is 4.72. The lowest BCUT2D eigenvalue weighted by atomic mass is 10.1. The monoisotopic (exact) mass is 377 g/mol. The molecule has 2 aromatic carbocycles. The number of hydrogen-bond donors (Lipinski definition) is 1. The van der Waals surface area contributed by atoms with Crippen molar-refractivity contribution in [2.45, 2.75) is 6.54 Å². The third-order valence-corrected chi connectivity index (χ3v) is 4.35. The molecular weight excluding hydrogens is 362 g/mol. The molecule has 0 unspecified atom stereocenters.